The quantitative estimate of drug-likeness (QED) is 0.698. The van der Waals surface area contributed by atoms with Gasteiger partial charge in [-0.2, -0.15) is 0 Å². The number of aromatic nitrogens is 2. The van der Waals surface area contributed by atoms with Crippen molar-refractivity contribution in [3.05, 3.63) is 23.7 Å². The van der Waals surface area contributed by atoms with Gasteiger partial charge in [0.2, 0.25) is 0 Å². The van der Waals surface area contributed by atoms with E-state index in [9.17, 15) is 0 Å². The van der Waals surface area contributed by atoms with Gasteiger partial charge in [0.15, 0.2) is 5.76 Å². The summed E-state index contributed by atoms with van der Waals surface area (Å²) in [6.45, 7) is 3.97. The van der Waals surface area contributed by atoms with Crippen molar-refractivity contribution >= 4 is 5.69 Å². The predicted molar refractivity (Wildman–Crippen MR) is 50.2 cm³/mol. The van der Waals surface area contributed by atoms with Crippen molar-refractivity contribution in [3.8, 4) is 11.3 Å². The molecule has 2 heterocycles. The van der Waals surface area contributed by atoms with Gasteiger partial charge in [-0.3, -0.25) is 0 Å². The molecule has 0 aromatic carbocycles. The van der Waals surface area contributed by atoms with Crippen molar-refractivity contribution < 1.29 is 4.52 Å². The van der Waals surface area contributed by atoms with Crippen molar-refractivity contribution in [3.63, 3.8) is 0 Å². The molecule has 2 aromatic heterocycles. The third-order valence-corrected chi connectivity index (χ3v) is 1.99. The number of anilines is 1. The molecule has 4 heteroatoms. The van der Waals surface area contributed by atoms with Gasteiger partial charge >= 0.3 is 0 Å². The number of nitrogens with two attached hydrogens (primary N) is 1. The Bertz CT molecular complexity index is 428. The van der Waals surface area contributed by atoms with Crippen LogP contribution in [0.1, 0.15) is 11.4 Å². The fourth-order valence-electron chi connectivity index (χ4n) is 1.41. The van der Waals surface area contributed by atoms with Gasteiger partial charge in [-0.15, -0.1) is 0 Å². The molecule has 13 heavy (non-hydrogen) atoms. The largest absolute Gasteiger partial charge is 0.394 e. The van der Waals surface area contributed by atoms with E-state index in [-0.39, 0.29) is 0 Å². The minimum atomic E-state index is 0.571. The van der Waals surface area contributed by atoms with Gasteiger partial charge in [0.05, 0.1) is 6.20 Å². The molecular weight excluding hydrogens is 166 g/mol. The van der Waals surface area contributed by atoms with E-state index >= 15 is 0 Å². The highest BCUT2D eigenvalue weighted by atomic mass is 16.5. The molecule has 0 radical (unpaired) electrons. The first-order valence-corrected chi connectivity index (χ1v) is 4.05. The lowest BCUT2D eigenvalue weighted by atomic mass is 10.2. The lowest BCUT2D eigenvalue weighted by Crippen LogP contribution is -1.84. The van der Waals surface area contributed by atoms with Crippen molar-refractivity contribution in [1.29, 1.82) is 0 Å². The molecule has 0 unspecified atom stereocenters. The molecule has 68 valence electrons. The van der Waals surface area contributed by atoms with E-state index < -0.39 is 0 Å². The van der Waals surface area contributed by atoms with E-state index in [4.69, 9.17) is 10.3 Å². The Balaban J connectivity index is 2.58. The third kappa shape index (κ3) is 1.20. The van der Waals surface area contributed by atoms with Gasteiger partial charge in [0.1, 0.15) is 5.69 Å². The molecule has 0 atom stereocenters. The van der Waals surface area contributed by atoms with Crippen LogP contribution in [0.3, 0.4) is 0 Å². The number of aromatic amines is 1. The van der Waals surface area contributed by atoms with E-state index in [1.54, 1.807) is 0 Å². The molecule has 3 N–H and O–H groups in total. The Morgan fingerprint density at radius 1 is 1.46 bits per heavy atom. The Labute approximate surface area is 75.7 Å². The Morgan fingerprint density at radius 2 is 2.23 bits per heavy atom. The molecule has 0 amide bonds. The highest BCUT2D eigenvalue weighted by Gasteiger charge is 2.12. The first kappa shape index (κ1) is 7.91. The zero-order chi connectivity index (χ0) is 9.42. The predicted octanol–water partition coefficient (Wildman–Crippen LogP) is 1.87. The summed E-state index contributed by atoms with van der Waals surface area (Å²) in [5.41, 5.74) is 9.36. The molecule has 0 aliphatic carbocycles. The second-order valence-corrected chi connectivity index (χ2v) is 3.10. The third-order valence-electron chi connectivity index (χ3n) is 1.99. The van der Waals surface area contributed by atoms with Crippen LogP contribution < -0.4 is 5.73 Å². The van der Waals surface area contributed by atoms with Crippen molar-refractivity contribution in [2.75, 3.05) is 5.73 Å². The minimum absolute atomic E-state index is 0.571. The Morgan fingerprint density at radius 3 is 2.69 bits per heavy atom. The molecule has 0 fully saturated rings. The zero-order valence-electron chi connectivity index (χ0n) is 7.59. The summed E-state index contributed by atoms with van der Waals surface area (Å²) in [5.74, 6) is 0.641. The van der Waals surface area contributed by atoms with Gasteiger partial charge in [0.25, 0.3) is 0 Å². The number of aryl methyl sites for hydroxylation is 2. The standard InChI is InChI=1S/C9H11N3O/c1-5-3-7(6(2)12-5)9-8(10)4-11-13-9/h3-4,12H,10H2,1-2H3. The van der Waals surface area contributed by atoms with Crippen LogP contribution in [-0.2, 0) is 0 Å². The highest BCUT2D eigenvalue weighted by Crippen LogP contribution is 2.28. The van der Waals surface area contributed by atoms with E-state index in [2.05, 4.69) is 10.1 Å². The van der Waals surface area contributed by atoms with Gasteiger partial charge in [0, 0.05) is 17.0 Å². The second kappa shape index (κ2) is 2.65. The molecule has 0 bridgehead atoms. The van der Waals surface area contributed by atoms with Crippen LogP contribution >= 0.6 is 0 Å². The van der Waals surface area contributed by atoms with Crippen LogP contribution in [0.25, 0.3) is 11.3 Å². The average molecular weight is 177 g/mol. The summed E-state index contributed by atoms with van der Waals surface area (Å²) in [4.78, 5) is 3.18. The molecule has 0 saturated carbocycles. The normalized spacial score (nSPS) is 10.6. The first-order valence-electron chi connectivity index (χ1n) is 4.05. The first-order chi connectivity index (χ1) is 6.18. The Kier molecular flexibility index (Phi) is 1.62. The number of nitrogen functional groups attached to an aromatic ring is 1. The van der Waals surface area contributed by atoms with Crippen LogP contribution in [-0.4, -0.2) is 10.1 Å². The molecule has 0 aliphatic rings. The summed E-state index contributed by atoms with van der Waals surface area (Å²) in [7, 11) is 0. The van der Waals surface area contributed by atoms with Crippen LogP contribution in [0.4, 0.5) is 5.69 Å². The second-order valence-electron chi connectivity index (χ2n) is 3.10. The summed E-state index contributed by atoms with van der Waals surface area (Å²) in [6, 6.07) is 1.99. The summed E-state index contributed by atoms with van der Waals surface area (Å²) in [6.07, 6.45) is 1.51. The minimum Gasteiger partial charge on any atom is -0.394 e. The number of rotatable bonds is 1. The molecule has 0 saturated heterocycles. The summed E-state index contributed by atoms with van der Waals surface area (Å²) >= 11 is 0. The van der Waals surface area contributed by atoms with Crippen LogP contribution in [0.2, 0.25) is 0 Å². The Hall–Kier alpha value is -1.71. The van der Waals surface area contributed by atoms with Gasteiger partial charge in [-0.05, 0) is 19.9 Å². The number of H-pyrrole nitrogens is 1. The lowest BCUT2D eigenvalue weighted by molar-refractivity contribution is 0.432. The molecule has 4 nitrogen and oxygen atoms in total. The molecular formula is C9H11N3O. The fourth-order valence-corrected chi connectivity index (χ4v) is 1.41. The van der Waals surface area contributed by atoms with Crippen molar-refractivity contribution in [2.24, 2.45) is 0 Å². The maximum atomic E-state index is 5.68. The molecule has 2 rings (SSSR count). The number of hydrogen-bond acceptors (Lipinski definition) is 3. The number of hydrogen-bond donors (Lipinski definition) is 2. The van der Waals surface area contributed by atoms with Gasteiger partial charge in [-0.25, -0.2) is 0 Å². The van der Waals surface area contributed by atoms with Crippen LogP contribution in [0.15, 0.2) is 16.8 Å². The van der Waals surface area contributed by atoms with E-state index in [0.717, 1.165) is 17.0 Å². The van der Waals surface area contributed by atoms with E-state index in [1.807, 2.05) is 19.9 Å². The summed E-state index contributed by atoms with van der Waals surface area (Å²) in [5, 5.41) is 3.63. The van der Waals surface area contributed by atoms with Crippen LogP contribution in [0, 0.1) is 13.8 Å². The lowest BCUT2D eigenvalue weighted by Gasteiger charge is -1.93. The van der Waals surface area contributed by atoms with Crippen molar-refractivity contribution in [2.45, 2.75) is 13.8 Å². The average Bonchev–Trinajstić information content (AvgIpc) is 2.58. The maximum absolute atomic E-state index is 5.68. The molecule has 0 spiro atoms. The van der Waals surface area contributed by atoms with E-state index in [0.29, 0.717) is 11.4 Å². The fraction of sp³-hybridized carbons (Fsp3) is 0.222. The summed E-state index contributed by atoms with van der Waals surface area (Å²) < 4.78 is 5.05. The number of nitrogens with zero attached hydrogens (tertiary/aromatic N) is 1. The molecule has 2 aromatic rings. The molecule has 0 aliphatic heterocycles. The number of nitrogens with one attached hydrogen (secondary N) is 1. The van der Waals surface area contributed by atoms with Crippen molar-refractivity contribution in [1.82, 2.24) is 10.1 Å². The van der Waals surface area contributed by atoms with Gasteiger partial charge < -0.3 is 15.2 Å². The topological polar surface area (TPSA) is 67.8 Å². The maximum Gasteiger partial charge on any atom is 0.191 e. The smallest absolute Gasteiger partial charge is 0.191 e. The van der Waals surface area contributed by atoms with E-state index in [1.165, 1.54) is 6.20 Å². The van der Waals surface area contributed by atoms with Crippen LogP contribution in [0.5, 0.6) is 0 Å². The monoisotopic (exact) mass is 177 g/mol. The zero-order valence-corrected chi connectivity index (χ0v) is 7.59. The highest BCUT2D eigenvalue weighted by molar-refractivity contribution is 5.72. The SMILES string of the molecule is Cc1cc(-c2oncc2N)c(C)[nH]1. The van der Waals surface area contributed by atoms with Gasteiger partial charge in [-0.1, -0.05) is 5.16 Å².